The number of hydrogen-bond acceptors (Lipinski definition) is 6. The lowest BCUT2D eigenvalue weighted by molar-refractivity contribution is 0.100. The Morgan fingerprint density at radius 1 is 1.21 bits per heavy atom. The van der Waals surface area contributed by atoms with E-state index in [1.54, 1.807) is 6.07 Å². The molecule has 33 heavy (non-hydrogen) atoms. The Morgan fingerprint density at radius 2 is 1.97 bits per heavy atom. The molecular formula is C25H31N5O2S. The second kappa shape index (κ2) is 9.79. The van der Waals surface area contributed by atoms with Gasteiger partial charge >= 0.3 is 0 Å². The molecule has 1 saturated carbocycles. The van der Waals surface area contributed by atoms with Crippen LogP contribution in [-0.4, -0.2) is 20.9 Å². The molecule has 0 atom stereocenters. The topological polar surface area (TPSA) is 116 Å². The molecule has 3 aromatic rings. The van der Waals surface area contributed by atoms with Crippen LogP contribution >= 0.6 is 11.5 Å². The summed E-state index contributed by atoms with van der Waals surface area (Å²) in [6, 6.07) is 7.75. The third-order valence-corrected chi connectivity index (χ3v) is 6.90. The Bertz CT molecular complexity index is 1180. The molecule has 0 saturated heterocycles. The van der Waals surface area contributed by atoms with Crippen molar-refractivity contribution in [2.45, 2.75) is 58.0 Å². The zero-order valence-corrected chi connectivity index (χ0v) is 19.9. The minimum Gasteiger partial charge on any atom is -0.398 e. The average molecular weight is 466 g/mol. The van der Waals surface area contributed by atoms with Crippen LogP contribution in [0.5, 0.6) is 0 Å². The SMILES string of the molecule is CC(C)Cn1cc(-c2cnsc2)cc(N[C@H]2CC[C@@H](c3ccc(C(N)=O)c(N)c3)CC2)c1=O. The van der Waals surface area contributed by atoms with Crippen molar-refractivity contribution in [3.05, 3.63) is 63.5 Å². The van der Waals surface area contributed by atoms with Gasteiger partial charge in [-0.25, -0.2) is 4.37 Å². The lowest BCUT2D eigenvalue weighted by atomic mass is 9.81. The molecule has 7 nitrogen and oxygen atoms in total. The molecule has 4 rings (SSSR count). The van der Waals surface area contributed by atoms with Gasteiger partial charge in [0.05, 0.1) is 5.56 Å². The maximum Gasteiger partial charge on any atom is 0.273 e. The number of nitrogens with two attached hydrogens (primary N) is 2. The largest absolute Gasteiger partial charge is 0.398 e. The lowest BCUT2D eigenvalue weighted by Crippen LogP contribution is -2.31. The first-order chi connectivity index (χ1) is 15.8. The first kappa shape index (κ1) is 23.0. The Kier molecular flexibility index (Phi) is 6.83. The fourth-order valence-electron chi connectivity index (χ4n) is 4.62. The van der Waals surface area contributed by atoms with Gasteiger partial charge in [-0.15, -0.1) is 0 Å². The lowest BCUT2D eigenvalue weighted by Gasteiger charge is -2.30. The van der Waals surface area contributed by atoms with Crippen molar-refractivity contribution in [3.63, 3.8) is 0 Å². The Labute approximate surface area is 198 Å². The first-order valence-corrected chi connectivity index (χ1v) is 12.3. The maximum absolute atomic E-state index is 13.1. The minimum atomic E-state index is -0.504. The monoisotopic (exact) mass is 465 g/mol. The van der Waals surface area contributed by atoms with E-state index in [9.17, 15) is 9.59 Å². The van der Waals surface area contributed by atoms with Crippen molar-refractivity contribution in [1.29, 1.82) is 0 Å². The Hall–Kier alpha value is -3.13. The van der Waals surface area contributed by atoms with Gasteiger partial charge in [-0.2, -0.15) is 0 Å². The summed E-state index contributed by atoms with van der Waals surface area (Å²) in [5.74, 6) is 0.249. The highest BCUT2D eigenvalue weighted by atomic mass is 32.1. The second-order valence-corrected chi connectivity index (χ2v) is 9.97. The van der Waals surface area contributed by atoms with E-state index in [2.05, 4.69) is 23.5 Å². The molecule has 1 amide bonds. The standard InChI is InChI=1S/C25H31N5O2S/c1-15(2)12-30-13-18(19-11-28-33-14-19)10-23(25(30)32)29-20-6-3-16(4-7-20)17-5-8-21(24(27)31)22(26)9-17/h5,8-11,13-16,20,29H,3-4,6-7,12,26H2,1-2H3,(H2,27,31)/t16-,20+. The van der Waals surface area contributed by atoms with Crippen molar-refractivity contribution in [2.24, 2.45) is 11.7 Å². The first-order valence-electron chi connectivity index (χ1n) is 11.4. The van der Waals surface area contributed by atoms with Gasteiger partial charge in [0.15, 0.2) is 0 Å². The second-order valence-electron chi connectivity index (χ2n) is 9.31. The summed E-state index contributed by atoms with van der Waals surface area (Å²) in [6.45, 7) is 4.90. The number of primary amides is 1. The van der Waals surface area contributed by atoms with E-state index in [1.807, 2.05) is 40.5 Å². The molecule has 0 bridgehead atoms. The number of carbonyl (C=O) groups is 1. The third-order valence-electron chi connectivity index (χ3n) is 6.31. The van der Waals surface area contributed by atoms with Gasteiger partial charge < -0.3 is 21.4 Å². The molecule has 0 radical (unpaired) electrons. The minimum absolute atomic E-state index is 0.0209. The molecule has 8 heteroatoms. The molecular weight excluding hydrogens is 434 g/mol. The Balaban J connectivity index is 1.49. The van der Waals surface area contributed by atoms with Gasteiger partial charge in [-0.05, 0) is 72.8 Å². The summed E-state index contributed by atoms with van der Waals surface area (Å²) in [6.07, 6.45) is 7.66. The van der Waals surface area contributed by atoms with Gasteiger partial charge in [0.1, 0.15) is 5.69 Å². The third kappa shape index (κ3) is 5.27. The summed E-state index contributed by atoms with van der Waals surface area (Å²) in [5.41, 5.74) is 16.0. The number of rotatable bonds is 7. The molecule has 1 aliphatic rings. The fraction of sp³-hybridized carbons (Fsp3) is 0.400. The van der Waals surface area contributed by atoms with E-state index in [4.69, 9.17) is 11.5 Å². The van der Waals surface area contributed by atoms with Crippen LogP contribution in [0.4, 0.5) is 11.4 Å². The predicted molar refractivity (Wildman–Crippen MR) is 135 cm³/mol. The number of pyridine rings is 1. The number of carbonyl (C=O) groups excluding carboxylic acids is 1. The van der Waals surface area contributed by atoms with Crippen LogP contribution in [0.3, 0.4) is 0 Å². The van der Waals surface area contributed by atoms with Crippen LogP contribution in [0.1, 0.15) is 61.4 Å². The quantitative estimate of drug-likeness (QED) is 0.446. The number of anilines is 2. The normalized spacial score (nSPS) is 18.4. The van der Waals surface area contributed by atoms with Gasteiger partial charge in [0.25, 0.3) is 11.5 Å². The van der Waals surface area contributed by atoms with Gasteiger partial charge in [-0.3, -0.25) is 9.59 Å². The number of nitrogens with zero attached hydrogens (tertiary/aromatic N) is 2. The van der Waals surface area contributed by atoms with E-state index in [0.717, 1.165) is 42.4 Å². The van der Waals surface area contributed by atoms with Crippen LogP contribution in [0, 0.1) is 5.92 Å². The van der Waals surface area contributed by atoms with Crippen LogP contribution in [0.25, 0.3) is 11.1 Å². The predicted octanol–water partition coefficient (Wildman–Crippen LogP) is 4.45. The molecule has 0 aliphatic heterocycles. The summed E-state index contributed by atoms with van der Waals surface area (Å²) in [7, 11) is 0. The van der Waals surface area contributed by atoms with Crippen molar-refractivity contribution in [2.75, 3.05) is 11.1 Å². The highest BCUT2D eigenvalue weighted by Crippen LogP contribution is 2.35. The average Bonchev–Trinajstić information content (AvgIpc) is 3.31. The fourth-order valence-corrected chi connectivity index (χ4v) is 5.17. The van der Waals surface area contributed by atoms with E-state index in [1.165, 1.54) is 11.5 Å². The Morgan fingerprint density at radius 3 is 2.58 bits per heavy atom. The highest BCUT2D eigenvalue weighted by molar-refractivity contribution is 7.03. The van der Waals surface area contributed by atoms with E-state index < -0.39 is 5.91 Å². The van der Waals surface area contributed by atoms with Crippen molar-refractivity contribution in [3.8, 4) is 11.1 Å². The summed E-state index contributed by atoms with van der Waals surface area (Å²) < 4.78 is 6.03. The van der Waals surface area contributed by atoms with Crippen molar-refractivity contribution in [1.82, 2.24) is 8.94 Å². The molecule has 1 aliphatic carbocycles. The van der Waals surface area contributed by atoms with Crippen molar-refractivity contribution < 1.29 is 4.79 Å². The highest BCUT2D eigenvalue weighted by Gasteiger charge is 2.24. The van der Waals surface area contributed by atoms with Crippen LogP contribution in [0.2, 0.25) is 0 Å². The van der Waals surface area contributed by atoms with Crippen LogP contribution in [0.15, 0.2) is 46.8 Å². The molecule has 2 heterocycles. The zero-order valence-electron chi connectivity index (χ0n) is 19.1. The van der Waals surface area contributed by atoms with Gasteiger partial charge in [-0.1, -0.05) is 19.9 Å². The molecule has 0 spiro atoms. The van der Waals surface area contributed by atoms with Crippen molar-refractivity contribution >= 4 is 28.8 Å². The number of nitrogens with one attached hydrogen (secondary N) is 1. The van der Waals surface area contributed by atoms with E-state index in [-0.39, 0.29) is 11.6 Å². The number of benzene rings is 1. The summed E-state index contributed by atoms with van der Waals surface area (Å²) in [4.78, 5) is 24.6. The number of hydrogen-bond donors (Lipinski definition) is 3. The molecule has 174 valence electrons. The maximum atomic E-state index is 13.1. The van der Waals surface area contributed by atoms with E-state index >= 15 is 0 Å². The zero-order chi connectivity index (χ0) is 23.5. The molecule has 2 aromatic heterocycles. The molecule has 1 aromatic carbocycles. The molecule has 5 N–H and O–H groups in total. The number of nitrogen functional groups attached to an aromatic ring is 1. The summed E-state index contributed by atoms with van der Waals surface area (Å²) in [5, 5.41) is 5.54. The van der Waals surface area contributed by atoms with E-state index in [0.29, 0.717) is 35.3 Å². The van der Waals surface area contributed by atoms with Crippen LogP contribution < -0.4 is 22.3 Å². The van der Waals surface area contributed by atoms with Gasteiger partial charge in [0.2, 0.25) is 0 Å². The number of aromatic nitrogens is 2. The number of amides is 1. The summed E-state index contributed by atoms with van der Waals surface area (Å²) >= 11 is 1.41. The molecule has 1 fully saturated rings. The smallest absolute Gasteiger partial charge is 0.273 e. The van der Waals surface area contributed by atoms with Crippen LogP contribution in [-0.2, 0) is 6.54 Å². The van der Waals surface area contributed by atoms with Gasteiger partial charge in [0, 0.05) is 47.2 Å². The molecule has 0 unspecified atom stereocenters.